The molecule has 0 spiro atoms. The average Bonchev–Trinajstić information content (AvgIpc) is 3.35. The zero-order chi connectivity index (χ0) is 24.7. The number of nitrogens with one attached hydrogen (secondary N) is 1. The highest BCUT2D eigenvalue weighted by molar-refractivity contribution is 7.80. The molecule has 4 nitrogen and oxygen atoms in total. The molecule has 0 unspecified atom stereocenters. The quantitative estimate of drug-likeness (QED) is 0.288. The van der Waals surface area contributed by atoms with Gasteiger partial charge in [-0.2, -0.15) is 0 Å². The number of thiocarbonyl (C=S) groups is 1. The molecule has 178 valence electrons. The molecule has 5 rings (SSSR count). The van der Waals surface area contributed by atoms with Crippen molar-refractivity contribution in [3.8, 4) is 5.69 Å². The van der Waals surface area contributed by atoms with E-state index in [4.69, 9.17) is 28.8 Å². The molecule has 1 saturated heterocycles. The van der Waals surface area contributed by atoms with Crippen LogP contribution < -0.4 is 10.2 Å². The molecule has 1 N–H and O–H groups in total. The first-order chi connectivity index (χ1) is 16.8. The predicted molar refractivity (Wildman–Crippen MR) is 149 cm³/mol. The fraction of sp³-hybridized carbons (Fsp3) is 0.241. The van der Waals surface area contributed by atoms with Crippen molar-refractivity contribution in [2.45, 2.75) is 45.7 Å². The predicted octanol–water partition coefficient (Wildman–Crippen LogP) is 7.44. The third kappa shape index (κ3) is 4.35. The molecule has 0 saturated carbocycles. The minimum atomic E-state index is -0.0763. The highest BCUT2D eigenvalue weighted by Gasteiger charge is 2.42. The molecule has 6 heteroatoms. The number of anilines is 1. The van der Waals surface area contributed by atoms with Crippen LogP contribution in [0.5, 0.6) is 0 Å². The normalized spacial score (nSPS) is 17.8. The molecule has 2 atom stereocenters. The van der Waals surface area contributed by atoms with E-state index in [1.54, 1.807) is 0 Å². The molecule has 0 amide bonds. The Morgan fingerprint density at radius 1 is 0.943 bits per heavy atom. The van der Waals surface area contributed by atoms with Gasteiger partial charge >= 0.3 is 0 Å². The van der Waals surface area contributed by atoms with Crippen molar-refractivity contribution in [2.24, 2.45) is 0 Å². The van der Waals surface area contributed by atoms with E-state index in [9.17, 15) is 0 Å². The Morgan fingerprint density at radius 3 is 2.26 bits per heavy atom. The number of hydrogen-bond acceptors (Lipinski definition) is 2. The Hall–Kier alpha value is -3.15. The fourth-order valence-corrected chi connectivity index (χ4v) is 5.52. The van der Waals surface area contributed by atoms with Gasteiger partial charge < -0.3 is 14.8 Å². The number of pyridine rings is 1. The van der Waals surface area contributed by atoms with Crippen molar-refractivity contribution in [1.82, 2.24) is 14.9 Å². The lowest BCUT2D eigenvalue weighted by Gasteiger charge is -2.28. The lowest BCUT2D eigenvalue weighted by Crippen LogP contribution is -2.29. The fourth-order valence-electron chi connectivity index (χ4n) is 5.04. The maximum Gasteiger partial charge on any atom is 0.174 e. The summed E-state index contributed by atoms with van der Waals surface area (Å²) < 4.78 is 2.28. The van der Waals surface area contributed by atoms with Crippen LogP contribution in [0.4, 0.5) is 5.69 Å². The van der Waals surface area contributed by atoms with Crippen molar-refractivity contribution in [3.05, 3.63) is 112 Å². The van der Waals surface area contributed by atoms with E-state index in [0.29, 0.717) is 11.0 Å². The van der Waals surface area contributed by atoms with E-state index in [2.05, 4.69) is 91.0 Å². The van der Waals surface area contributed by atoms with Crippen molar-refractivity contribution in [2.75, 3.05) is 4.90 Å². The molecular weight excluding hydrogens is 472 g/mol. The monoisotopic (exact) mass is 500 g/mol. The second-order valence-electron chi connectivity index (χ2n) is 9.38. The number of benzene rings is 2. The Labute approximate surface area is 217 Å². The summed E-state index contributed by atoms with van der Waals surface area (Å²) in [6.45, 7) is 8.74. The van der Waals surface area contributed by atoms with Gasteiger partial charge in [-0.1, -0.05) is 43.6 Å². The summed E-state index contributed by atoms with van der Waals surface area (Å²) in [5.74, 6) is 0.475. The Morgan fingerprint density at radius 2 is 1.63 bits per heavy atom. The smallest absolute Gasteiger partial charge is 0.174 e. The van der Waals surface area contributed by atoms with Gasteiger partial charge in [0.05, 0.1) is 17.8 Å². The molecule has 4 aromatic rings. The van der Waals surface area contributed by atoms with Crippen molar-refractivity contribution >= 4 is 34.6 Å². The Balaban J connectivity index is 1.65. The molecule has 2 aromatic carbocycles. The number of hydrogen-bond donors (Lipinski definition) is 1. The van der Waals surface area contributed by atoms with E-state index in [0.717, 1.165) is 27.8 Å². The minimum absolute atomic E-state index is 0.0467. The summed E-state index contributed by atoms with van der Waals surface area (Å²) in [5, 5.41) is 5.01. The third-order valence-electron chi connectivity index (χ3n) is 6.81. The van der Waals surface area contributed by atoms with Gasteiger partial charge in [0.15, 0.2) is 5.11 Å². The summed E-state index contributed by atoms with van der Waals surface area (Å²) >= 11 is 12.1. The molecular formula is C29H29ClN4S. The van der Waals surface area contributed by atoms with E-state index < -0.39 is 0 Å². The summed E-state index contributed by atoms with van der Waals surface area (Å²) in [6.07, 6.45) is 1.84. The SMILES string of the molecule is Cc1cc([C@@H]2[C@H](c3ccccn3)NC(=S)N2c2ccc(C(C)C)cc2)c(C)n1-c1ccc(Cl)cc1. The summed E-state index contributed by atoms with van der Waals surface area (Å²) in [5.41, 5.74) is 7.99. The molecule has 3 heterocycles. The lowest BCUT2D eigenvalue weighted by atomic mass is 9.96. The highest BCUT2D eigenvalue weighted by atomic mass is 35.5. The van der Waals surface area contributed by atoms with Crippen LogP contribution in [0.3, 0.4) is 0 Å². The van der Waals surface area contributed by atoms with E-state index in [-0.39, 0.29) is 12.1 Å². The zero-order valence-corrected chi connectivity index (χ0v) is 21.9. The molecule has 2 aromatic heterocycles. The topological polar surface area (TPSA) is 33.1 Å². The molecule has 1 fully saturated rings. The average molecular weight is 501 g/mol. The Kier molecular flexibility index (Phi) is 6.39. The largest absolute Gasteiger partial charge is 0.351 e. The number of nitrogens with zero attached hydrogens (tertiary/aromatic N) is 3. The van der Waals surface area contributed by atoms with Crippen molar-refractivity contribution in [1.29, 1.82) is 0 Å². The molecule has 0 radical (unpaired) electrons. The van der Waals surface area contributed by atoms with Crippen molar-refractivity contribution in [3.63, 3.8) is 0 Å². The van der Waals surface area contributed by atoms with Gasteiger partial charge in [-0.15, -0.1) is 0 Å². The van der Waals surface area contributed by atoms with Gasteiger partial charge in [0.2, 0.25) is 0 Å². The van der Waals surface area contributed by atoms with Crippen LogP contribution in [0.15, 0.2) is 79.0 Å². The Bertz CT molecular complexity index is 1340. The van der Waals surface area contributed by atoms with Crippen LogP contribution in [0, 0.1) is 13.8 Å². The molecule has 1 aliphatic heterocycles. The first kappa shape index (κ1) is 23.6. The summed E-state index contributed by atoms with van der Waals surface area (Å²) in [4.78, 5) is 6.94. The second-order valence-corrected chi connectivity index (χ2v) is 10.2. The van der Waals surface area contributed by atoms with Crippen molar-refractivity contribution < 1.29 is 0 Å². The first-order valence-electron chi connectivity index (χ1n) is 11.9. The maximum atomic E-state index is 6.16. The lowest BCUT2D eigenvalue weighted by molar-refractivity contribution is 0.565. The summed E-state index contributed by atoms with van der Waals surface area (Å²) in [7, 11) is 0. The first-order valence-corrected chi connectivity index (χ1v) is 12.7. The van der Waals surface area contributed by atoms with Gasteiger partial charge in [0.25, 0.3) is 0 Å². The molecule has 35 heavy (non-hydrogen) atoms. The molecule has 0 bridgehead atoms. The van der Waals surface area contributed by atoms with Crippen LogP contribution in [0.2, 0.25) is 5.02 Å². The van der Waals surface area contributed by atoms with Gasteiger partial charge in [0, 0.05) is 34.0 Å². The van der Waals surface area contributed by atoms with E-state index in [1.807, 2.05) is 30.5 Å². The van der Waals surface area contributed by atoms with E-state index in [1.165, 1.54) is 16.8 Å². The number of aryl methyl sites for hydroxylation is 1. The van der Waals surface area contributed by atoms with E-state index >= 15 is 0 Å². The highest BCUT2D eigenvalue weighted by Crippen LogP contribution is 2.44. The number of halogens is 1. The minimum Gasteiger partial charge on any atom is -0.351 e. The van der Waals surface area contributed by atoms with Crippen LogP contribution in [0.1, 0.15) is 60.1 Å². The van der Waals surface area contributed by atoms with Gasteiger partial charge in [-0.05, 0) is 97.7 Å². The number of aromatic nitrogens is 2. The second kappa shape index (κ2) is 9.48. The van der Waals surface area contributed by atoms with Crippen LogP contribution in [-0.4, -0.2) is 14.7 Å². The molecule has 1 aliphatic rings. The van der Waals surface area contributed by atoms with Crippen LogP contribution in [0.25, 0.3) is 5.69 Å². The van der Waals surface area contributed by atoms with Gasteiger partial charge in [-0.3, -0.25) is 4.98 Å². The standard InChI is InChI=1S/C29H29ClN4S/c1-18(2)21-8-12-24(13-9-21)34-28(27(32-29(34)35)26-7-5-6-16-31-26)25-17-19(3)33(20(25)4)23-14-10-22(30)11-15-23/h5-18,27-28H,1-4H3,(H,32,35)/t27-,28+/m0/s1. The maximum absolute atomic E-state index is 6.16. The van der Waals surface area contributed by atoms with Crippen LogP contribution >= 0.6 is 23.8 Å². The third-order valence-corrected chi connectivity index (χ3v) is 7.38. The van der Waals surface area contributed by atoms with Gasteiger partial charge in [0.1, 0.15) is 0 Å². The molecule has 0 aliphatic carbocycles. The van der Waals surface area contributed by atoms with Gasteiger partial charge in [-0.25, -0.2) is 0 Å². The number of rotatable bonds is 5. The van der Waals surface area contributed by atoms with Crippen LogP contribution in [-0.2, 0) is 0 Å². The zero-order valence-electron chi connectivity index (χ0n) is 20.4. The summed E-state index contributed by atoms with van der Waals surface area (Å²) in [6, 6.07) is 24.9.